The zero-order valence-electron chi connectivity index (χ0n) is 33.2. The summed E-state index contributed by atoms with van der Waals surface area (Å²) in [6.07, 6.45) is 25.6. The van der Waals surface area contributed by atoms with Gasteiger partial charge < -0.3 is 23.7 Å². The molecule has 6 heteroatoms. The van der Waals surface area contributed by atoms with Crippen LogP contribution in [0.25, 0.3) is 6.08 Å². The first kappa shape index (κ1) is 44.0. The van der Waals surface area contributed by atoms with E-state index in [2.05, 4.69) is 34.6 Å². The fourth-order valence-corrected chi connectivity index (χ4v) is 5.84. The smallest absolute Gasteiger partial charge is 0.193 e. The van der Waals surface area contributed by atoms with Gasteiger partial charge in [0.05, 0.1) is 33.0 Å². The minimum Gasteiger partial charge on any atom is -0.494 e. The van der Waals surface area contributed by atoms with E-state index in [0.717, 1.165) is 101 Å². The van der Waals surface area contributed by atoms with E-state index in [-0.39, 0.29) is 5.78 Å². The molecule has 0 aliphatic carbocycles. The highest BCUT2D eigenvalue weighted by molar-refractivity contribution is 6.11. The van der Waals surface area contributed by atoms with Crippen LogP contribution in [0, 0.1) is 0 Å². The number of ether oxygens (including phenoxy) is 5. The van der Waals surface area contributed by atoms with Crippen molar-refractivity contribution in [2.45, 2.75) is 163 Å². The molecule has 2 aromatic rings. The molecule has 288 valence electrons. The van der Waals surface area contributed by atoms with Gasteiger partial charge in [0.15, 0.2) is 17.3 Å². The van der Waals surface area contributed by atoms with E-state index < -0.39 is 0 Å². The third-order valence-corrected chi connectivity index (χ3v) is 9.00. The van der Waals surface area contributed by atoms with E-state index in [1.807, 2.05) is 36.4 Å². The second-order valence-corrected chi connectivity index (χ2v) is 13.7. The third kappa shape index (κ3) is 18.8. The van der Waals surface area contributed by atoms with Gasteiger partial charge in [-0.15, -0.1) is 0 Å². The summed E-state index contributed by atoms with van der Waals surface area (Å²) in [5.41, 5.74) is 1.24. The monoisotopic (exact) mass is 709 g/mol. The quantitative estimate of drug-likeness (QED) is 0.0418. The lowest BCUT2D eigenvalue weighted by molar-refractivity contribution is 0.103. The number of unbranched alkanes of at least 4 members (excludes halogenated alkanes) is 15. The average molecular weight is 709 g/mol. The van der Waals surface area contributed by atoms with Crippen molar-refractivity contribution >= 4 is 11.9 Å². The van der Waals surface area contributed by atoms with Crippen LogP contribution in [0.2, 0.25) is 0 Å². The van der Waals surface area contributed by atoms with E-state index in [4.69, 9.17) is 23.7 Å². The van der Waals surface area contributed by atoms with Gasteiger partial charge in [-0.05, 0) is 74.6 Å². The van der Waals surface area contributed by atoms with Gasteiger partial charge in [0, 0.05) is 5.56 Å². The minimum absolute atomic E-state index is 0.182. The summed E-state index contributed by atoms with van der Waals surface area (Å²) < 4.78 is 31.5. The Labute approximate surface area is 312 Å². The van der Waals surface area contributed by atoms with Gasteiger partial charge in [-0.2, -0.15) is 0 Å². The Morgan fingerprint density at radius 1 is 0.471 bits per heavy atom. The molecule has 0 bridgehead atoms. The Hall–Kier alpha value is -3.15. The van der Waals surface area contributed by atoms with Gasteiger partial charge in [-0.1, -0.05) is 131 Å². The van der Waals surface area contributed by atoms with Gasteiger partial charge in [0.2, 0.25) is 0 Å². The number of benzene rings is 2. The number of carbonyl (C=O) groups excluding carboxylic acids is 1. The molecular weight excluding hydrogens is 636 g/mol. The van der Waals surface area contributed by atoms with Crippen LogP contribution in [0.1, 0.15) is 179 Å². The van der Waals surface area contributed by atoms with Crippen LogP contribution >= 0.6 is 0 Å². The Morgan fingerprint density at radius 3 is 1.39 bits per heavy atom. The predicted molar refractivity (Wildman–Crippen MR) is 214 cm³/mol. The molecule has 6 nitrogen and oxygen atoms in total. The van der Waals surface area contributed by atoms with Crippen molar-refractivity contribution in [3.63, 3.8) is 0 Å². The topological polar surface area (TPSA) is 63.2 Å². The fraction of sp³-hybridized carbons (Fsp3) is 0.667. The molecule has 0 heterocycles. The minimum atomic E-state index is -0.182. The van der Waals surface area contributed by atoms with Crippen LogP contribution in [0.3, 0.4) is 0 Å². The summed E-state index contributed by atoms with van der Waals surface area (Å²) in [7, 11) is 0. The first-order valence-corrected chi connectivity index (χ1v) is 20.8. The van der Waals surface area contributed by atoms with Gasteiger partial charge in [0.1, 0.15) is 22.8 Å². The number of ketones is 1. The summed E-state index contributed by atoms with van der Waals surface area (Å²) in [5, 5.41) is 0. The molecule has 0 N–H and O–H groups in total. The second-order valence-electron chi connectivity index (χ2n) is 13.7. The number of carbonyl (C=O) groups is 1. The van der Waals surface area contributed by atoms with Crippen LogP contribution < -0.4 is 23.7 Å². The predicted octanol–water partition coefficient (Wildman–Crippen LogP) is 13.4. The summed E-state index contributed by atoms with van der Waals surface area (Å²) in [5.74, 6) is 2.98. The maximum Gasteiger partial charge on any atom is 0.193 e. The van der Waals surface area contributed by atoms with Crippen molar-refractivity contribution in [1.82, 2.24) is 0 Å². The van der Waals surface area contributed by atoms with E-state index in [1.54, 1.807) is 6.08 Å². The molecule has 2 aromatic carbocycles. The average Bonchev–Trinajstić information content (AvgIpc) is 3.14. The molecule has 0 saturated carbocycles. The zero-order valence-corrected chi connectivity index (χ0v) is 33.2. The molecule has 51 heavy (non-hydrogen) atoms. The maximum absolute atomic E-state index is 14.3. The molecule has 0 aliphatic rings. The maximum atomic E-state index is 14.3. The molecule has 0 unspecified atom stereocenters. The lowest BCUT2D eigenvalue weighted by atomic mass is 10.0. The Morgan fingerprint density at radius 2 is 0.882 bits per heavy atom. The van der Waals surface area contributed by atoms with Crippen LogP contribution in [0.5, 0.6) is 28.7 Å². The second kappa shape index (κ2) is 29.4. The van der Waals surface area contributed by atoms with Crippen molar-refractivity contribution in [2.75, 3.05) is 33.0 Å². The first-order valence-electron chi connectivity index (χ1n) is 20.8. The summed E-state index contributed by atoms with van der Waals surface area (Å²) in [6, 6.07) is 9.71. The first-order chi connectivity index (χ1) is 25.1. The largest absolute Gasteiger partial charge is 0.494 e. The Kier molecular flexibility index (Phi) is 25.4. The van der Waals surface area contributed by atoms with Gasteiger partial charge in [-0.25, -0.2) is 0 Å². The fourth-order valence-electron chi connectivity index (χ4n) is 5.84. The molecule has 0 aliphatic heterocycles. The Bertz CT molecular complexity index is 1210. The lowest BCUT2D eigenvalue weighted by Crippen LogP contribution is -2.10. The van der Waals surface area contributed by atoms with Gasteiger partial charge in [0.25, 0.3) is 0 Å². The van der Waals surface area contributed by atoms with Gasteiger partial charge >= 0.3 is 0 Å². The van der Waals surface area contributed by atoms with Crippen molar-refractivity contribution in [1.29, 1.82) is 0 Å². The van der Waals surface area contributed by atoms with Crippen LogP contribution in [-0.4, -0.2) is 38.8 Å². The number of allylic oxidation sites excluding steroid dienone is 1. The molecule has 0 radical (unpaired) electrons. The summed E-state index contributed by atoms with van der Waals surface area (Å²) >= 11 is 0. The standard InChI is InChI=1S/C45H72O6/c1-6-11-16-21-32-47-39-27-29-41(48-33-22-17-12-7-2)38(37-39)26-28-40(46)44-42(49-34-23-18-13-8-3)30-31-43(50-35-24-19-14-9-4)45(44)51-36-25-20-15-10-5/h26-31,37H,6-25,32-36H2,1-5H3. The lowest BCUT2D eigenvalue weighted by Gasteiger charge is -2.19. The number of rotatable bonds is 33. The zero-order chi connectivity index (χ0) is 36.8. The molecule has 0 atom stereocenters. The number of hydrogen-bond donors (Lipinski definition) is 0. The van der Waals surface area contributed by atoms with Crippen molar-refractivity contribution in [2.24, 2.45) is 0 Å². The number of hydrogen-bond acceptors (Lipinski definition) is 6. The van der Waals surface area contributed by atoms with Crippen LogP contribution in [-0.2, 0) is 0 Å². The van der Waals surface area contributed by atoms with Crippen molar-refractivity contribution in [3.05, 3.63) is 47.5 Å². The highest BCUT2D eigenvalue weighted by Gasteiger charge is 2.23. The third-order valence-electron chi connectivity index (χ3n) is 9.00. The van der Waals surface area contributed by atoms with Crippen molar-refractivity contribution < 1.29 is 28.5 Å². The highest BCUT2D eigenvalue weighted by Crippen LogP contribution is 2.39. The normalized spacial score (nSPS) is 11.2. The van der Waals surface area contributed by atoms with Crippen LogP contribution in [0.15, 0.2) is 36.4 Å². The van der Waals surface area contributed by atoms with Crippen molar-refractivity contribution in [3.8, 4) is 28.7 Å². The Balaban J connectivity index is 2.45. The molecule has 0 fully saturated rings. The molecule has 0 aromatic heterocycles. The van der Waals surface area contributed by atoms with E-state index >= 15 is 0 Å². The SMILES string of the molecule is CCCCCCOc1ccc(OCCCCCC)c(C=CC(=O)c2c(OCCCCCC)ccc(OCCCCCC)c2OCCCCCC)c1. The van der Waals surface area contributed by atoms with E-state index in [9.17, 15) is 4.79 Å². The summed E-state index contributed by atoms with van der Waals surface area (Å²) in [4.78, 5) is 14.3. The molecule has 0 spiro atoms. The molecule has 0 amide bonds. The molecule has 0 saturated heterocycles. The molecular formula is C45H72O6. The summed E-state index contributed by atoms with van der Waals surface area (Å²) in [6.45, 7) is 14.0. The van der Waals surface area contributed by atoms with Gasteiger partial charge in [-0.3, -0.25) is 4.79 Å². The van der Waals surface area contributed by atoms with E-state index in [1.165, 1.54) is 44.9 Å². The van der Waals surface area contributed by atoms with Crippen LogP contribution in [0.4, 0.5) is 0 Å². The highest BCUT2D eigenvalue weighted by atomic mass is 16.5. The van der Waals surface area contributed by atoms with E-state index in [0.29, 0.717) is 55.8 Å². The molecule has 2 rings (SSSR count).